The number of rotatable bonds is 3. The van der Waals surface area contributed by atoms with Crippen LogP contribution in [0.15, 0.2) is 0 Å². The van der Waals surface area contributed by atoms with Crippen molar-refractivity contribution in [2.24, 2.45) is 0 Å². The van der Waals surface area contributed by atoms with Crippen molar-refractivity contribution in [1.82, 2.24) is 10.4 Å². The Bertz CT molecular complexity index is 89.4. The molecule has 1 N–H and O–H groups in total. The lowest BCUT2D eigenvalue weighted by atomic mass is 10.4. The van der Waals surface area contributed by atoms with Crippen LogP contribution in [0.4, 0.5) is 13.2 Å². The minimum Gasteiger partial charge on any atom is -0.255 e. The summed E-state index contributed by atoms with van der Waals surface area (Å²) in [6.07, 6.45) is -4.84. The second kappa shape index (κ2) is 3.78. The maximum atomic E-state index is 11.4. The molecule has 0 amide bonds. The van der Waals surface area contributed by atoms with Crippen LogP contribution in [-0.2, 0) is 0 Å². The molecule has 62 valence electrons. The summed E-state index contributed by atoms with van der Waals surface area (Å²) >= 11 is 0. The van der Waals surface area contributed by atoms with E-state index >= 15 is 0 Å². The lowest BCUT2D eigenvalue weighted by Crippen LogP contribution is -2.33. The lowest BCUT2D eigenvalue weighted by molar-refractivity contribution is -0.134. The zero-order valence-electron chi connectivity index (χ0n) is 6.00. The molecule has 0 aromatic heterocycles. The van der Waals surface area contributed by atoms with Crippen LogP contribution in [-0.4, -0.2) is 31.8 Å². The van der Waals surface area contributed by atoms with E-state index in [-0.39, 0.29) is 6.54 Å². The Balaban J connectivity index is 3.21. The Labute approximate surface area is 58.0 Å². The molecule has 0 rings (SSSR count). The lowest BCUT2D eigenvalue weighted by Gasteiger charge is -2.12. The fourth-order valence-corrected chi connectivity index (χ4v) is 0.421. The van der Waals surface area contributed by atoms with Gasteiger partial charge in [-0.25, -0.2) is 0 Å². The highest BCUT2D eigenvalue weighted by atomic mass is 19.4. The van der Waals surface area contributed by atoms with Crippen LogP contribution in [0.1, 0.15) is 6.42 Å². The summed E-state index contributed by atoms with van der Waals surface area (Å²) in [7, 11) is 3.30. The fraction of sp³-hybridized carbons (Fsp3) is 1.00. The molecule has 0 saturated carbocycles. The number of hydrazine groups is 1. The molecule has 0 spiro atoms. The first-order valence-corrected chi connectivity index (χ1v) is 2.89. The zero-order chi connectivity index (χ0) is 8.20. The highest BCUT2D eigenvalue weighted by Gasteiger charge is 2.25. The van der Waals surface area contributed by atoms with Crippen molar-refractivity contribution in [3.63, 3.8) is 0 Å². The monoisotopic (exact) mass is 156 g/mol. The van der Waals surface area contributed by atoms with E-state index in [1.165, 1.54) is 5.01 Å². The van der Waals surface area contributed by atoms with Gasteiger partial charge in [-0.05, 0) is 0 Å². The summed E-state index contributed by atoms with van der Waals surface area (Å²) in [6, 6.07) is 0. The van der Waals surface area contributed by atoms with Crippen molar-refractivity contribution in [2.75, 3.05) is 20.6 Å². The summed E-state index contributed by atoms with van der Waals surface area (Å²) in [5.74, 6) is 0. The van der Waals surface area contributed by atoms with E-state index in [0.29, 0.717) is 0 Å². The second-order valence-electron chi connectivity index (χ2n) is 2.17. The maximum absolute atomic E-state index is 11.4. The molecule has 0 aliphatic rings. The molecule has 2 nitrogen and oxygen atoms in total. The Morgan fingerprint density at radius 3 is 2.10 bits per heavy atom. The van der Waals surface area contributed by atoms with Crippen LogP contribution < -0.4 is 5.43 Å². The molecule has 5 heteroatoms. The molecule has 0 aromatic carbocycles. The molecule has 0 fully saturated rings. The van der Waals surface area contributed by atoms with E-state index in [9.17, 15) is 13.2 Å². The van der Waals surface area contributed by atoms with Crippen LogP contribution in [0.25, 0.3) is 0 Å². The van der Waals surface area contributed by atoms with E-state index in [1.807, 2.05) is 0 Å². The van der Waals surface area contributed by atoms with E-state index < -0.39 is 12.6 Å². The van der Waals surface area contributed by atoms with Crippen LogP contribution in [0.2, 0.25) is 0 Å². The van der Waals surface area contributed by atoms with Crippen LogP contribution >= 0.6 is 0 Å². The molecule has 0 heterocycles. The Hall–Kier alpha value is -0.290. The van der Waals surface area contributed by atoms with Crippen molar-refractivity contribution in [3.8, 4) is 0 Å². The van der Waals surface area contributed by atoms with E-state index in [4.69, 9.17) is 0 Å². The first-order valence-electron chi connectivity index (χ1n) is 2.89. The number of nitrogens with one attached hydrogen (secondary N) is 1. The molecular weight excluding hydrogens is 145 g/mol. The standard InChI is InChI=1S/C5H11F3N2/c1-10(2)9-4-3-5(6,7)8/h9H,3-4H2,1-2H3. The number of nitrogens with zero attached hydrogens (tertiary/aromatic N) is 1. The minimum absolute atomic E-state index is 0.0590. The highest BCUT2D eigenvalue weighted by molar-refractivity contribution is 4.51. The van der Waals surface area contributed by atoms with Crippen LogP contribution in [0.5, 0.6) is 0 Å². The first-order chi connectivity index (χ1) is 4.42. The highest BCUT2D eigenvalue weighted by Crippen LogP contribution is 2.17. The zero-order valence-corrected chi connectivity index (χ0v) is 6.00. The number of hydrogen-bond donors (Lipinski definition) is 1. The van der Waals surface area contributed by atoms with Gasteiger partial charge >= 0.3 is 6.18 Å². The summed E-state index contributed by atoms with van der Waals surface area (Å²) in [6.45, 7) is -0.0590. The van der Waals surface area contributed by atoms with Crippen LogP contribution in [0.3, 0.4) is 0 Å². The Kier molecular flexibility index (Phi) is 3.67. The van der Waals surface area contributed by atoms with Gasteiger partial charge in [-0.15, -0.1) is 0 Å². The van der Waals surface area contributed by atoms with Gasteiger partial charge in [0.2, 0.25) is 0 Å². The third-order valence-electron chi connectivity index (χ3n) is 0.837. The van der Waals surface area contributed by atoms with Gasteiger partial charge in [-0.2, -0.15) is 13.2 Å². The minimum atomic E-state index is -4.05. The molecule has 10 heavy (non-hydrogen) atoms. The van der Waals surface area contributed by atoms with Crippen molar-refractivity contribution in [1.29, 1.82) is 0 Å². The van der Waals surface area contributed by atoms with Crippen LogP contribution in [0, 0.1) is 0 Å². The third-order valence-corrected chi connectivity index (χ3v) is 0.837. The number of halogens is 3. The molecule has 0 aromatic rings. The topological polar surface area (TPSA) is 15.3 Å². The summed E-state index contributed by atoms with van der Waals surface area (Å²) in [5.41, 5.74) is 2.52. The predicted octanol–water partition coefficient (Wildman–Crippen LogP) is 1.01. The van der Waals surface area contributed by atoms with Gasteiger partial charge in [0.1, 0.15) is 0 Å². The van der Waals surface area contributed by atoms with Gasteiger partial charge < -0.3 is 0 Å². The summed E-state index contributed by atoms with van der Waals surface area (Å²) in [5, 5.41) is 1.49. The van der Waals surface area contributed by atoms with Gasteiger partial charge in [0.15, 0.2) is 0 Å². The van der Waals surface area contributed by atoms with Gasteiger partial charge in [0.25, 0.3) is 0 Å². The molecule has 0 unspecified atom stereocenters. The van der Waals surface area contributed by atoms with Crippen molar-refractivity contribution in [2.45, 2.75) is 12.6 Å². The quantitative estimate of drug-likeness (QED) is 0.613. The van der Waals surface area contributed by atoms with E-state index in [1.54, 1.807) is 14.1 Å². The molecular formula is C5H11F3N2. The smallest absolute Gasteiger partial charge is 0.255 e. The molecule has 0 aliphatic carbocycles. The Morgan fingerprint density at radius 2 is 1.80 bits per heavy atom. The fourth-order valence-electron chi connectivity index (χ4n) is 0.421. The van der Waals surface area contributed by atoms with Gasteiger partial charge in [-0.1, -0.05) is 0 Å². The molecule has 0 bridgehead atoms. The SMILES string of the molecule is CN(C)NCCC(F)(F)F. The largest absolute Gasteiger partial charge is 0.390 e. The predicted molar refractivity (Wildman–Crippen MR) is 32.4 cm³/mol. The molecule has 0 radical (unpaired) electrons. The summed E-state index contributed by atoms with van der Waals surface area (Å²) in [4.78, 5) is 0. The first kappa shape index (κ1) is 9.71. The molecule has 0 aliphatic heterocycles. The second-order valence-corrected chi connectivity index (χ2v) is 2.17. The summed E-state index contributed by atoms with van der Waals surface area (Å²) < 4.78 is 34.3. The average Bonchev–Trinajstić information content (AvgIpc) is 1.59. The average molecular weight is 156 g/mol. The van der Waals surface area contributed by atoms with Gasteiger partial charge in [0.05, 0.1) is 6.42 Å². The van der Waals surface area contributed by atoms with E-state index in [2.05, 4.69) is 5.43 Å². The normalized spacial score (nSPS) is 12.6. The number of hydrogen-bond acceptors (Lipinski definition) is 2. The van der Waals surface area contributed by atoms with E-state index in [0.717, 1.165) is 0 Å². The Morgan fingerprint density at radius 1 is 1.30 bits per heavy atom. The molecule has 0 saturated heterocycles. The van der Waals surface area contributed by atoms with Gasteiger partial charge in [0, 0.05) is 20.6 Å². The van der Waals surface area contributed by atoms with Crippen molar-refractivity contribution < 1.29 is 13.2 Å². The maximum Gasteiger partial charge on any atom is 0.390 e. The van der Waals surface area contributed by atoms with Crippen molar-refractivity contribution in [3.05, 3.63) is 0 Å². The van der Waals surface area contributed by atoms with Crippen molar-refractivity contribution >= 4 is 0 Å². The molecule has 0 atom stereocenters. The third kappa shape index (κ3) is 7.71. The number of alkyl halides is 3. The van der Waals surface area contributed by atoms with Gasteiger partial charge in [-0.3, -0.25) is 10.4 Å².